The maximum Gasteiger partial charge on any atom is 0.184 e. The molecule has 138 valence electrons. The molecule has 0 aromatic heterocycles. The molecular formula is C20H22O6. The van der Waals surface area contributed by atoms with Crippen molar-refractivity contribution in [3.05, 3.63) is 71.8 Å². The van der Waals surface area contributed by atoms with Crippen LogP contribution in [0.15, 0.2) is 60.7 Å². The summed E-state index contributed by atoms with van der Waals surface area (Å²) in [6.45, 7) is -0.00447. The fraction of sp³-hybridized carbons (Fsp3) is 0.400. The van der Waals surface area contributed by atoms with E-state index >= 15 is 0 Å². The lowest BCUT2D eigenvalue weighted by Gasteiger charge is -2.24. The number of hydrogen-bond donors (Lipinski definition) is 2. The van der Waals surface area contributed by atoms with E-state index in [9.17, 15) is 10.2 Å². The molecule has 0 saturated carbocycles. The van der Waals surface area contributed by atoms with Crippen molar-refractivity contribution in [3.63, 3.8) is 0 Å². The zero-order valence-electron chi connectivity index (χ0n) is 14.2. The van der Waals surface area contributed by atoms with Crippen molar-refractivity contribution < 1.29 is 29.2 Å². The monoisotopic (exact) mass is 358 g/mol. The highest BCUT2D eigenvalue weighted by Gasteiger charge is 2.46. The molecule has 0 aliphatic carbocycles. The number of aliphatic hydroxyl groups is 2. The summed E-state index contributed by atoms with van der Waals surface area (Å²) in [5, 5.41) is 20.4. The average molecular weight is 358 g/mol. The van der Waals surface area contributed by atoms with Crippen LogP contribution in [-0.2, 0) is 18.9 Å². The van der Waals surface area contributed by atoms with E-state index in [-0.39, 0.29) is 13.2 Å². The van der Waals surface area contributed by atoms with Gasteiger partial charge >= 0.3 is 0 Å². The van der Waals surface area contributed by atoms with Crippen LogP contribution in [0.2, 0.25) is 0 Å². The van der Waals surface area contributed by atoms with E-state index in [1.165, 1.54) is 0 Å². The molecule has 6 nitrogen and oxygen atoms in total. The Hall–Kier alpha value is -1.80. The number of hydrogen-bond acceptors (Lipinski definition) is 6. The smallest absolute Gasteiger partial charge is 0.184 e. The number of ether oxygens (including phenoxy) is 4. The predicted octanol–water partition coefficient (Wildman–Crippen LogP) is 1.94. The van der Waals surface area contributed by atoms with Gasteiger partial charge in [-0.2, -0.15) is 0 Å². The highest BCUT2D eigenvalue weighted by molar-refractivity contribution is 5.18. The Morgan fingerprint density at radius 2 is 1.46 bits per heavy atom. The van der Waals surface area contributed by atoms with Crippen molar-refractivity contribution in [1.29, 1.82) is 0 Å². The Balaban J connectivity index is 1.43. The van der Waals surface area contributed by atoms with Crippen molar-refractivity contribution in [3.8, 4) is 0 Å². The van der Waals surface area contributed by atoms with Gasteiger partial charge in [0.2, 0.25) is 0 Å². The third-order valence-corrected chi connectivity index (χ3v) is 4.70. The lowest BCUT2D eigenvalue weighted by Crippen LogP contribution is -2.45. The van der Waals surface area contributed by atoms with E-state index in [1.807, 2.05) is 60.7 Å². The summed E-state index contributed by atoms with van der Waals surface area (Å²) in [6.07, 6.45) is -4.01. The SMILES string of the molecule is OC[C@@H]1OC(c2ccccc2)O[C@H]1[C@H](O)[C@H]1COC(c2ccccc2)O1. The third-order valence-electron chi connectivity index (χ3n) is 4.70. The topological polar surface area (TPSA) is 77.4 Å². The minimum Gasteiger partial charge on any atom is -0.394 e. The van der Waals surface area contributed by atoms with E-state index in [1.54, 1.807) is 0 Å². The first-order valence-corrected chi connectivity index (χ1v) is 8.73. The number of benzene rings is 2. The second-order valence-corrected chi connectivity index (χ2v) is 6.44. The first-order valence-electron chi connectivity index (χ1n) is 8.73. The van der Waals surface area contributed by atoms with Gasteiger partial charge in [-0.1, -0.05) is 60.7 Å². The van der Waals surface area contributed by atoms with Crippen LogP contribution in [0.25, 0.3) is 0 Å². The van der Waals surface area contributed by atoms with E-state index in [2.05, 4.69) is 0 Å². The van der Waals surface area contributed by atoms with Crippen LogP contribution < -0.4 is 0 Å². The normalized spacial score (nSPS) is 32.6. The summed E-state index contributed by atoms with van der Waals surface area (Å²) >= 11 is 0. The van der Waals surface area contributed by atoms with E-state index in [0.29, 0.717) is 0 Å². The van der Waals surface area contributed by atoms with Crippen molar-refractivity contribution >= 4 is 0 Å². The van der Waals surface area contributed by atoms with E-state index in [4.69, 9.17) is 18.9 Å². The van der Waals surface area contributed by atoms with Gasteiger partial charge in [0.25, 0.3) is 0 Å². The van der Waals surface area contributed by atoms with Gasteiger partial charge in [-0.05, 0) is 0 Å². The molecule has 2 fully saturated rings. The van der Waals surface area contributed by atoms with Crippen LogP contribution in [-0.4, -0.2) is 47.8 Å². The van der Waals surface area contributed by atoms with Gasteiger partial charge in [-0.25, -0.2) is 0 Å². The maximum absolute atomic E-state index is 10.8. The second-order valence-electron chi connectivity index (χ2n) is 6.44. The minimum absolute atomic E-state index is 0.245. The molecule has 2 N–H and O–H groups in total. The molecule has 6 atom stereocenters. The standard InChI is InChI=1S/C20H22O6/c21-11-15-18(26-20(24-15)14-9-5-2-6-10-14)17(22)16-12-23-19(25-16)13-7-3-1-4-8-13/h1-10,15-22H,11-12H2/t15-,16+,17+,18+,19?,20?/m0/s1. The molecule has 2 aromatic carbocycles. The van der Waals surface area contributed by atoms with Gasteiger partial charge < -0.3 is 29.2 Å². The summed E-state index contributed by atoms with van der Waals surface area (Å²) in [4.78, 5) is 0. The van der Waals surface area contributed by atoms with Gasteiger partial charge in [0, 0.05) is 11.1 Å². The Morgan fingerprint density at radius 3 is 2.08 bits per heavy atom. The summed E-state index contributed by atoms with van der Waals surface area (Å²) in [6, 6.07) is 19.0. The van der Waals surface area contributed by atoms with E-state index in [0.717, 1.165) is 11.1 Å². The zero-order valence-corrected chi connectivity index (χ0v) is 14.2. The molecular weight excluding hydrogens is 336 g/mol. The van der Waals surface area contributed by atoms with Crippen LogP contribution in [0.1, 0.15) is 23.7 Å². The third kappa shape index (κ3) is 3.53. The molecule has 2 saturated heterocycles. The largest absolute Gasteiger partial charge is 0.394 e. The van der Waals surface area contributed by atoms with Gasteiger partial charge in [0.15, 0.2) is 12.6 Å². The van der Waals surface area contributed by atoms with Crippen molar-refractivity contribution in [2.24, 2.45) is 0 Å². The molecule has 2 unspecified atom stereocenters. The van der Waals surface area contributed by atoms with E-state index < -0.39 is 37.0 Å². The van der Waals surface area contributed by atoms with Crippen LogP contribution in [0.5, 0.6) is 0 Å². The predicted molar refractivity (Wildman–Crippen MR) is 92.0 cm³/mol. The molecule has 0 spiro atoms. The molecule has 6 heteroatoms. The first-order chi connectivity index (χ1) is 12.8. The minimum atomic E-state index is -0.977. The number of rotatable bonds is 5. The fourth-order valence-electron chi connectivity index (χ4n) is 3.31. The zero-order chi connectivity index (χ0) is 17.9. The molecule has 0 amide bonds. The molecule has 2 heterocycles. The molecule has 0 bridgehead atoms. The van der Waals surface area contributed by atoms with Crippen LogP contribution in [0, 0.1) is 0 Å². The summed E-state index contributed by atoms with van der Waals surface area (Å²) in [5.41, 5.74) is 1.73. The Bertz CT molecular complexity index is 694. The van der Waals surface area contributed by atoms with Crippen molar-refractivity contribution in [2.45, 2.75) is 37.0 Å². The van der Waals surface area contributed by atoms with Gasteiger partial charge in [-0.3, -0.25) is 0 Å². The molecule has 26 heavy (non-hydrogen) atoms. The van der Waals surface area contributed by atoms with Gasteiger partial charge in [0.05, 0.1) is 13.2 Å². The number of aliphatic hydroxyl groups excluding tert-OH is 2. The first kappa shape index (κ1) is 17.6. The highest BCUT2D eigenvalue weighted by atomic mass is 16.8. The fourth-order valence-corrected chi connectivity index (χ4v) is 3.31. The maximum atomic E-state index is 10.8. The van der Waals surface area contributed by atoms with Crippen LogP contribution in [0.3, 0.4) is 0 Å². The van der Waals surface area contributed by atoms with Crippen molar-refractivity contribution in [2.75, 3.05) is 13.2 Å². The lowest BCUT2D eigenvalue weighted by atomic mass is 10.0. The van der Waals surface area contributed by atoms with Crippen LogP contribution >= 0.6 is 0 Å². The Labute approximate surface area is 151 Å². The average Bonchev–Trinajstić information content (AvgIpc) is 3.36. The molecule has 2 aliphatic rings. The summed E-state index contributed by atoms with van der Waals surface area (Å²) in [7, 11) is 0. The molecule has 2 aliphatic heterocycles. The molecule has 2 aromatic rings. The summed E-state index contributed by atoms with van der Waals surface area (Å²) in [5.74, 6) is 0. The highest BCUT2D eigenvalue weighted by Crippen LogP contribution is 2.36. The Morgan fingerprint density at radius 1 is 0.846 bits per heavy atom. The van der Waals surface area contributed by atoms with Crippen LogP contribution in [0.4, 0.5) is 0 Å². The van der Waals surface area contributed by atoms with Crippen molar-refractivity contribution in [1.82, 2.24) is 0 Å². The van der Waals surface area contributed by atoms with Gasteiger partial charge in [0.1, 0.15) is 24.4 Å². The summed E-state index contributed by atoms with van der Waals surface area (Å²) < 4.78 is 23.2. The molecule has 0 radical (unpaired) electrons. The molecule has 4 rings (SSSR count). The Kier molecular flexibility index (Phi) is 5.31. The lowest BCUT2D eigenvalue weighted by molar-refractivity contribution is -0.125. The second kappa shape index (κ2) is 7.84. The van der Waals surface area contributed by atoms with Gasteiger partial charge in [-0.15, -0.1) is 0 Å². The quantitative estimate of drug-likeness (QED) is 0.851.